The molecule has 0 saturated carbocycles. The van der Waals surface area contributed by atoms with Crippen molar-refractivity contribution in [3.63, 3.8) is 0 Å². The number of fused-ring (bicyclic) bond motifs is 2. The van der Waals surface area contributed by atoms with Crippen LogP contribution in [0.15, 0.2) is 85.0 Å². The van der Waals surface area contributed by atoms with Crippen LogP contribution in [-0.2, 0) is 30.3 Å². The Kier molecular flexibility index (Phi) is 13.2. The number of benzene rings is 2. The molecule has 0 atom stereocenters. The standard InChI is InChI=1S/C26H21N2S.C13H24O2.Ir/c1-26(2,3)22-13-20(12-17-6-4-5-7-21(17)22)23-14-18(9-11-28-23)24-15-19-8-10-27-16-25(19)29-24;1-5-10(6-2)12(14)9-13(15)11(7-3)8-4;/h4-11,13-16H,1-3H3;9-11,14H,5-8H2,1-4H3;/q-1;;/b;12-9-;. The van der Waals surface area contributed by atoms with Crippen LogP contribution in [0.4, 0.5) is 0 Å². The average molecular weight is 798 g/mol. The van der Waals surface area contributed by atoms with Gasteiger partial charge in [0.1, 0.15) is 0 Å². The number of carbonyl (C=O) groups excluding carboxylic acids is 1. The Hall–Kier alpha value is -3.18. The number of aliphatic hydroxyl groups is 1. The summed E-state index contributed by atoms with van der Waals surface area (Å²) in [7, 11) is 0. The van der Waals surface area contributed by atoms with E-state index in [1.165, 1.54) is 37.6 Å². The van der Waals surface area contributed by atoms with Crippen molar-refractivity contribution in [2.75, 3.05) is 0 Å². The third-order valence-corrected chi connectivity index (χ3v) is 9.44. The molecule has 3 aromatic heterocycles. The molecule has 6 heteroatoms. The number of carbonyl (C=O) groups is 1. The SMILES string of the molecule is CC(C)(C)c1cc(-c2cc(-c3cc4ccncc4s3)ccn2)[c-]c2ccccc12.CCC(CC)C(=O)/C=C(\O)C(CC)CC.[Ir]. The average Bonchev–Trinajstić information content (AvgIpc) is 3.46. The van der Waals surface area contributed by atoms with E-state index in [9.17, 15) is 9.90 Å². The van der Waals surface area contributed by atoms with Gasteiger partial charge in [0.25, 0.3) is 0 Å². The topological polar surface area (TPSA) is 63.1 Å². The summed E-state index contributed by atoms with van der Waals surface area (Å²) in [5, 5.41) is 13.4. The zero-order valence-electron chi connectivity index (χ0n) is 27.5. The minimum atomic E-state index is 0. The Morgan fingerprint density at radius 1 is 0.933 bits per heavy atom. The molecule has 45 heavy (non-hydrogen) atoms. The van der Waals surface area contributed by atoms with Crippen LogP contribution in [0.1, 0.15) is 79.7 Å². The predicted octanol–water partition coefficient (Wildman–Crippen LogP) is 11.1. The number of hydrogen-bond donors (Lipinski definition) is 1. The summed E-state index contributed by atoms with van der Waals surface area (Å²) in [6, 6.07) is 22.9. The van der Waals surface area contributed by atoms with E-state index >= 15 is 0 Å². The molecule has 0 bridgehead atoms. The third-order valence-electron chi connectivity index (χ3n) is 8.31. The molecule has 239 valence electrons. The van der Waals surface area contributed by atoms with Crippen LogP contribution in [0.2, 0.25) is 0 Å². The van der Waals surface area contributed by atoms with E-state index < -0.39 is 0 Å². The fourth-order valence-electron chi connectivity index (χ4n) is 5.53. The maximum Gasteiger partial charge on any atom is 0.162 e. The van der Waals surface area contributed by atoms with Gasteiger partial charge in [0.15, 0.2) is 5.78 Å². The molecule has 0 saturated heterocycles. The zero-order valence-corrected chi connectivity index (χ0v) is 30.7. The van der Waals surface area contributed by atoms with Gasteiger partial charge in [-0.15, -0.1) is 40.5 Å². The van der Waals surface area contributed by atoms with Crippen molar-refractivity contribution in [1.29, 1.82) is 0 Å². The van der Waals surface area contributed by atoms with E-state index in [1.54, 1.807) is 11.3 Å². The van der Waals surface area contributed by atoms with Crippen LogP contribution in [0.25, 0.3) is 42.6 Å². The van der Waals surface area contributed by atoms with Crippen molar-refractivity contribution >= 4 is 38.0 Å². The molecule has 0 spiro atoms. The van der Waals surface area contributed by atoms with E-state index in [0.29, 0.717) is 0 Å². The summed E-state index contributed by atoms with van der Waals surface area (Å²) in [5.41, 5.74) is 4.53. The summed E-state index contributed by atoms with van der Waals surface area (Å²) >= 11 is 1.76. The Labute approximate surface area is 286 Å². The number of hydrogen-bond acceptors (Lipinski definition) is 5. The Balaban J connectivity index is 0.000000297. The molecule has 0 amide bonds. The van der Waals surface area contributed by atoms with Gasteiger partial charge in [0, 0.05) is 67.2 Å². The molecular formula is C39H45IrN2O2S-. The molecule has 1 radical (unpaired) electrons. The maximum atomic E-state index is 11.7. The van der Waals surface area contributed by atoms with Crippen molar-refractivity contribution in [1.82, 2.24) is 9.97 Å². The summed E-state index contributed by atoms with van der Waals surface area (Å²) in [4.78, 5) is 21.9. The fourth-order valence-corrected chi connectivity index (χ4v) is 6.55. The van der Waals surface area contributed by atoms with E-state index in [0.717, 1.165) is 42.3 Å². The van der Waals surface area contributed by atoms with E-state index in [-0.39, 0.29) is 48.9 Å². The largest absolute Gasteiger partial charge is 0.512 e. The van der Waals surface area contributed by atoms with Gasteiger partial charge in [-0.2, -0.15) is 0 Å². The molecular weight excluding hydrogens is 753 g/mol. The number of allylic oxidation sites excluding steroid dienone is 2. The number of rotatable bonds is 9. The number of aromatic nitrogens is 2. The van der Waals surface area contributed by atoms with Crippen molar-refractivity contribution < 1.29 is 30.0 Å². The van der Waals surface area contributed by atoms with Gasteiger partial charge >= 0.3 is 0 Å². The third kappa shape index (κ3) is 8.97. The monoisotopic (exact) mass is 798 g/mol. The molecule has 3 heterocycles. The van der Waals surface area contributed by atoms with Crippen LogP contribution < -0.4 is 0 Å². The summed E-state index contributed by atoms with van der Waals surface area (Å²) < 4.78 is 1.20. The minimum Gasteiger partial charge on any atom is -0.512 e. The Bertz CT molecular complexity index is 1710. The quantitative estimate of drug-likeness (QED) is 0.0917. The van der Waals surface area contributed by atoms with Crippen molar-refractivity contribution in [2.45, 2.75) is 79.6 Å². The molecule has 2 aromatic carbocycles. The summed E-state index contributed by atoms with van der Waals surface area (Å²) in [5.74, 6) is 0.547. The van der Waals surface area contributed by atoms with Crippen molar-refractivity contribution in [2.24, 2.45) is 11.8 Å². The van der Waals surface area contributed by atoms with Crippen LogP contribution in [0.5, 0.6) is 0 Å². The first-order valence-corrected chi connectivity index (χ1v) is 16.6. The van der Waals surface area contributed by atoms with Gasteiger partial charge in [-0.05, 0) is 60.2 Å². The number of aliphatic hydroxyl groups excluding tert-OH is 1. The van der Waals surface area contributed by atoms with Gasteiger partial charge in [0.05, 0.1) is 10.5 Å². The normalized spacial score (nSPS) is 11.9. The number of nitrogens with zero attached hydrogens (tertiary/aromatic N) is 2. The van der Waals surface area contributed by atoms with E-state index in [1.807, 2.05) is 46.3 Å². The molecule has 5 rings (SSSR count). The second-order valence-electron chi connectivity index (χ2n) is 12.3. The first-order valence-electron chi connectivity index (χ1n) is 15.8. The second-order valence-corrected chi connectivity index (χ2v) is 13.4. The first-order chi connectivity index (χ1) is 21.1. The van der Waals surface area contributed by atoms with Crippen molar-refractivity contribution in [3.8, 4) is 21.7 Å². The Morgan fingerprint density at radius 2 is 1.62 bits per heavy atom. The fraction of sp³-hybridized carbons (Fsp3) is 0.359. The van der Waals surface area contributed by atoms with Gasteiger partial charge in [-0.25, -0.2) is 0 Å². The molecule has 4 nitrogen and oxygen atoms in total. The first kappa shape index (κ1) is 36.3. The summed E-state index contributed by atoms with van der Waals surface area (Å²) in [6.45, 7) is 14.8. The zero-order chi connectivity index (χ0) is 31.9. The van der Waals surface area contributed by atoms with Crippen LogP contribution in [0, 0.1) is 17.9 Å². The minimum absolute atomic E-state index is 0. The molecule has 0 aliphatic rings. The molecule has 0 aliphatic heterocycles. The molecule has 0 fully saturated rings. The van der Waals surface area contributed by atoms with E-state index in [2.05, 4.69) is 91.4 Å². The van der Waals surface area contributed by atoms with Gasteiger partial charge in [-0.3, -0.25) is 14.8 Å². The number of pyridine rings is 2. The summed E-state index contributed by atoms with van der Waals surface area (Å²) in [6.07, 6.45) is 10.6. The molecule has 0 aliphatic carbocycles. The van der Waals surface area contributed by atoms with Gasteiger partial charge in [0.2, 0.25) is 0 Å². The van der Waals surface area contributed by atoms with E-state index in [4.69, 9.17) is 0 Å². The predicted molar refractivity (Wildman–Crippen MR) is 187 cm³/mol. The number of thiophene rings is 1. The van der Waals surface area contributed by atoms with Gasteiger partial charge in [-0.1, -0.05) is 83.7 Å². The Morgan fingerprint density at radius 3 is 2.27 bits per heavy atom. The smallest absolute Gasteiger partial charge is 0.162 e. The second kappa shape index (κ2) is 16.4. The van der Waals surface area contributed by atoms with Crippen molar-refractivity contribution in [3.05, 3.63) is 96.7 Å². The van der Waals surface area contributed by atoms with Gasteiger partial charge < -0.3 is 5.11 Å². The molecule has 1 N–H and O–H groups in total. The molecule has 0 unspecified atom stereocenters. The maximum absolute atomic E-state index is 11.7. The van der Waals surface area contributed by atoms with Crippen LogP contribution in [-0.4, -0.2) is 20.9 Å². The van der Waals surface area contributed by atoms with Crippen LogP contribution in [0.3, 0.4) is 0 Å². The molecule has 5 aromatic rings. The number of ketones is 1. The van der Waals surface area contributed by atoms with Crippen LogP contribution >= 0.6 is 11.3 Å².